The van der Waals surface area contributed by atoms with Crippen LogP contribution in [0, 0.1) is 6.92 Å². The SMILES string of the molecule is CC.Cc1ccc(NCCN2CCCCC2)nn1. The highest BCUT2D eigenvalue weighted by Gasteiger charge is 2.08. The van der Waals surface area contributed by atoms with Crippen LogP contribution < -0.4 is 5.32 Å². The van der Waals surface area contributed by atoms with Crippen molar-refractivity contribution >= 4 is 5.82 Å². The molecule has 0 amide bonds. The van der Waals surface area contributed by atoms with Crippen LogP contribution in [-0.4, -0.2) is 41.3 Å². The predicted octanol–water partition coefficient (Wildman–Crippen LogP) is 2.71. The molecule has 0 bridgehead atoms. The van der Waals surface area contributed by atoms with Crippen molar-refractivity contribution in [2.75, 3.05) is 31.5 Å². The summed E-state index contributed by atoms with van der Waals surface area (Å²) in [6.07, 6.45) is 4.10. The van der Waals surface area contributed by atoms with E-state index in [4.69, 9.17) is 0 Å². The van der Waals surface area contributed by atoms with Crippen molar-refractivity contribution in [1.82, 2.24) is 15.1 Å². The second-order valence-electron chi connectivity index (χ2n) is 4.39. The fraction of sp³-hybridized carbons (Fsp3) is 0.714. The Morgan fingerprint density at radius 1 is 1.11 bits per heavy atom. The number of hydrogen-bond acceptors (Lipinski definition) is 4. The maximum atomic E-state index is 4.08. The average molecular weight is 250 g/mol. The van der Waals surface area contributed by atoms with Crippen LogP contribution in [-0.2, 0) is 0 Å². The maximum Gasteiger partial charge on any atom is 0.148 e. The van der Waals surface area contributed by atoms with Gasteiger partial charge in [-0.3, -0.25) is 0 Å². The molecule has 1 fully saturated rings. The van der Waals surface area contributed by atoms with Gasteiger partial charge in [-0.25, -0.2) is 0 Å². The van der Waals surface area contributed by atoms with Crippen molar-refractivity contribution in [3.05, 3.63) is 17.8 Å². The van der Waals surface area contributed by atoms with E-state index >= 15 is 0 Å². The van der Waals surface area contributed by atoms with Gasteiger partial charge >= 0.3 is 0 Å². The first-order valence-corrected chi connectivity index (χ1v) is 7.11. The van der Waals surface area contributed by atoms with E-state index < -0.39 is 0 Å². The van der Waals surface area contributed by atoms with Gasteiger partial charge in [-0.2, -0.15) is 5.10 Å². The maximum absolute atomic E-state index is 4.08. The molecule has 2 rings (SSSR count). The third kappa shape index (κ3) is 5.45. The lowest BCUT2D eigenvalue weighted by Gasteiger charge is -2.26. The molecule has 0 unspecified atom stereocenters. The van der Waals surface area contributed by atoms with Gasteiger partial charge in [-0.1, -0.05) is 20.3 Å². The van der Waals surface area contributed by atoms with Crippen LogP contribution in [0.2, 0.25) is 0 Å². The molecule has 0 atom stereocenters. The Bertz CT molecular complexity index is 304. The molecule has 4 heteroatoms. The summed E-state index contributed by atoms with van der Waals surface area (Å²) in [5.41, 5.74) is 0.960. The molecule has 1 aromatic rings. The molecule has 4 nitrogen and oxygen atoms in total. The van der Waals surface area contributed by atoms with Crippen LogP contribution in [0.25, 0.3) is 0 Å². The highest BCUT2D eigenvalue weighted by Crippen LogP contribution is 2.08. The quantitative estimate of drug-likeness (QED) is 0.892. The minimum atomic E-state index is 0.877. The molecular weight excluding hydrogens is 224 g/mol. The van der Waals surface area contributed by atoms with Gasteiger partial charge in [-0.15, -0.1) is 5.10 Å². The number of nitrogens with one attached hydrogen (secondary N) is 1. The lowest BCUT2D eigenvalue weighted by atomic mass is 10.1. The highest BCUT2D eigenvalue weighted by atomic mass is 15.2. The van der Waals surface area contributed by atoms with Gasteiger partial charge in [0.1, 0.15) is 5.82 Å². The van der Waals surface area contributed by atoms with Gasteiger partial charge in [0.05, 0.1) is 5.69 Å². The topological polar surface area (TPSA) is 41.0 Å². The fourth-order valence-electron chi connectivity index (χ4n) is 2.02. The number of likely N-dealkylation sites (tertiary alicyclic amines) is 1. The molecule has 0 radical (unpaired) electrons. The molecule has 18 heavy (non-hydrogen) atoms. The number of hydrogen-bond donors (Lipinski definition) is 1. The summed E-state index contributed by atoms with van der Waals surface area (Å²) >= 11 is 0. The van der Waals surface area contributed by atoms with Crippen LogP contribution in [0.1, 0.15) is 38.8 Å². The molecule has 0 saturated carbocycles. The number of aromatic nitrogens is 2. The third-order valence-corrected chi connectivity index (χ3v) is 2.98. The van der Waals surface area contributed by atoms with Crippen molar-refractivity contribution < 1.29 is 0 Å². The smallest absolute Gasteiger partial charge is 0.148 e. The van der Waals surface area contributed by atoms with Gasteiger partial charge in [-0.05, 0) is 45.0 Å². The third-order valence-electron chi connectivity index (χ3n) is 2.98. The zero-order valence-corrected chi connectivity index (χ0v) is 11.9. The van der Waals surface area contributed by atoms with Gasteiger partial charge in [0, 0.05) is 13.1 Å². The number of nitrogens with zero attached hydrogens (tertiary/aromatic N) is 3. The highest BCUT2D eigenvalue weighted by molar-refractivity contribution is 5.32. The molecule has 1 aliphatic rings. The first-order chi connectivity index (χ1) is 8.84. The zero-order valence-electron chi connectivity index (χ0n) is 11.9. The Labute approximate surface area is 111 Å². The summed E-state index contributed by atoms with van der Waals surface area (Å²) < 4.78 is 0. The Morgan fingerprint density at radius 3 is 2.44 bits per heavy atom. The van der Waals surface area contributed by atoms with Crippen molar-refractivity contribution in [2.24, 2.45) is 0 Å². The normalized spacial score (nSPS) is 15.7. The number of aryl methyl sites for hydroxylation is 1. The van der Waals surface area contributed by atoms with Gasteiger partial charge in [0.25, 0.3) is 0 Å². The first kappa shape index (κ1) is 14.9. The second kappa shape index (κ2) is 8.86. The van der Waals surface area contributed by atoms with Crippen molar-refractivity contribution in [3.63, 3.8) is 0 Å². The molecule has 1 saturated heterocycles. The fourth-order valence-corrected chi connectivity index (χ4v) is 2.02. The summed E-state index contributed by atoms with van der Waals surface area (Å²) in [5, 5.41) is 11.4. The molecule has 0 aromatic carbocycles. The largest absolute Gasteiger partial charge is 0.367 e. The van der Waals surface area contributed by atoms with Crippen molar-refractivity contribution in [1.29, 1.82) is 0 Å². The minimum absolute atomic E-state index is 0.877. The predicted molar refractivity (Wildman–Crippen MR) is 76.9 cm³/mol. The Balaban J connectivity index is 0.000000771. The van der Waals surface area contributed by atoms with Crippen LogP contribution in [0.3, 0.4) is 0 Å². The lowest BCUT2D eigenvalue weighted by molar-refractivity contribution is 0.237. The van der Waals surface area contributed by atoms with E-state index in [0.717, 1.165) is 24.6 Å². The number of rotatable bonds is 4. The molecule has 2 heterocycles. The molecule has 1 N–H and O–H groups in total. The van der Waals surface area contributed by atoms with Gasteiger partial charge in [0.2, 0.25) is 0 Å². The van der Waals surface area contributed by atoms with Crippen LogP contribution in [0.5, 0.6) is 0 Å². The van der Waals surface area contributed by atoms with Gasteiger partial charge < -0.3 is 10.2 Å². The summed E-state index contributed by atoms with van der Waals surface area (Å²) in [6.45, 7) is 10.5. The molecule has 1 aliphatic heterocycles. The summed E-state index contributed by atoms with van der Waals surface area (Å²) in [7, 11) is 0. The van der Waals surface area contributed by atoms with E-state index in [1.54, 1.807) is 0 Å². The standard InChI is InChI=1S/C12H20N4.C2H6/c1-11-5-6-12(15-14-11)13-7-10-16-8-3-2-4-9-16;1-2/h5-6H,2-4,7-10H2,1H3,(H,13,15);1-2H3. The monoisotopic (exact) mass is 250 g/mol. The molecule has 102 valence electrons. The second-order valence-corrected chi connectivity index (χ2v) is 4.39. The van der Waals surface area contributed by atoms with Gasteiger partial charge in [0.15, 0.2) is 0 Å². The van der Waals surface area contributed by atoms with E-state index in [1.165, 1.54) is 32.4 Å². The van der Waals surface area contributed by atoms with Crippen LogP contribution in [0.4, 0.5) is 5.82 Å². The lowest BCUT2D eigenvalue weighted by Crippen LogP contribution is -2.33. The van der Waals surface area contributed by atoms with Crippen LogP contribution in [0.15, 0.2) is 12.1 Å². The Kier molecular flexibility index (Phi) is 7.34. The van der Waals surface area contributed by atoms with Crippen molar-refractivity contribution in [2.45, 2.75) is 40.0 Å². The summed E-state index contributed by atoms with van der Waals surface area (Å²) in [4.78, 5) is 2.51. The zero-order chi connectivity index (χ0) is 13.2. The van der Waals surface area contributed by atoms with Crippen LogP contribution >= 0.6 is 0 Å². The molecule has 0 aliphatic carbocycles. The minimum Gasteiger partial charge on any atom is -0.367 e. The molecule has 1 aromatic heterocycles. The van der Waals surface area contributed by atoms with E-state index in [9.17, 15) is 0 Å². The van der Waals surface area contributed by atoms with Crippen molar-refractivity contribution in [3.8, 4) is 0 Å². The molecule has 0 spiro atoms. The number of piperidine rings is 1. The molecular formula is C14H26N4. The first-order valence-electron chi connectivity index (χ1n) is 7.11. The van der Waals surface area contributed by atoms with E-state index in [2.05, 4.69) is 20.4 Å². The Morgan fingerprint density at radius 2 is 1.83 bits per heavy atom. The van der Waals surface area contributed by atoms with E-state index in [-0.39, 0.29) is 0 Å². The van der Waals surface area contributed by atoms with E-state index in [1.807, 2.05) is 32.9 Å². The summed E-state index contributed by atoms with van der Waals surface area (Å²) in [5.74, 6) is 0.877. The summed E-state index contributed by atoms with van der Waals surface area (Å²) in [6, 6.07) is 3.97. The average Bonchev–Trinajstić information content (AvgIpc) is 2.44. The van der Waals surface area contributed by atoms with E-state index in [0.29, 0.717) is 0 Å². The number of anilines is 1. The Hall–Kier alpha value is -1.16.